The lowest BCUT2D eigenvalue weighted by Crippen LogP contribution is -2.45. The summed E-state index contributed by atoms with van der Waals surface area (Å²) in [4.78, 5) is 30.3. The Morgan fingerprint density at radius 1 is 0.544 bits per heavy atom. The molecule has 2 aliphatic heterocycles. The Hall–Kier alpha value is -3.75. The van der Waals surface area contributed by atoms with Gasteiger partial charge in [0.25, 0.3) is 0 Å². The van der Waals surface area contributed by atoms with Gasteiger partial charge < -0.3 is 20.4 Å². The molecule has 0 spiro atoms. The molecule has 300 valence electrons. The topological polar surface area (TPSA) is 98.8 Å². The zero-order valence-corrected chi connectivity index (χ0v) is 36.9. The van der Waals surface area contributed by atoms with Gasteiger partial charge in [0.1, 0.15) is 8.64 Å². The van der Waals surface area contributed by atoms with Gasteiger partial charge in [0.2, 0.25) is 21.7 Å². The standard InChI is InChI=1S/C44H50N4O4S5/c1-29-7-5-8-30(2)47(29)43(53)55-27-41(49)45-37-19-11-33(12-20-37)35-15-23-39(24-16-35)57(51,52)40-25-17-36(18-26-40)34-13-21-38(22-14-34)46-42(50)28-56-44(54)48-31(3)9-6-10-32(48)4/h11-26,29-32H,5-10,27-28H2,1-4H3,(H,45,49)(H,46,50)/t29-,30-,31+,32+. The van der Waals surface area contributed by atoms with Gasteiger partial charge in [0.15, 0.2) is 0 Å². The molecule has 57 heavy (non-hydrogen) atoms. The fraction of sp³-hybridized carbons (Fsp3) is 0.364. The molecule has 0 radical (unpaired) electrons. The molecule has 0 unspecified atom stereocenters. The van der Waals surface area contributed by atoms with Crippen molar-refractivity contribution in [3.8, 4) is 22.3 Å². The number of nitrogens with zero attached hydrogens (tertiary/aromatic N) is 2. The SMILES string of the molecule is C[C@@H]1CCC[C@@H](C)N1C(=S)SCC(=O)Nc1ccc(-c2ccc(S(=O)(=O)c3ccc(-c4ccc(NC(=O)CSC(=S)N5[C@@H](C)CCC[C@@H]5C)cc4)cc3)cc2)cc1. The number of sulfone groups is 1. The van der Waals surface area contributed by atoms with Crippen LogP contribution in [0.15, 0.2) is 107 Å². The average Bonchev–Trinajstić information content (AvgIpc) is 3.20. The van der Waals surface area contributed by atoms with E-state index in [1.165, 1.54) is 36.4 Å². The summed E-state index contributed by atoms with van der Waals surface area (Å²) in [6, 6.07) is 30.2. The van der Waals surface area contributed by atoms with E-state index in [4.69, 9.17) is 24.4 Å². The van der Waals surface area contributed by atoms with E-state index in [0.29, 0.717) is 35.5 Å². The van der Waals surface area contributed by atoms with Gasteiger partial charge in [-0.05, 0) is 137 Å². The van der Waals surface area contributed by atoms with E-state index in [1.54, 1.807) is 48.5 Å². The van der Waals surface area contributed by atoms with Crippen molar-refractivity contribution in [1.29, 1.82) is 0 Å². The van der Waals surface area contributed by atoms with Crippen LogP contribution in [0.2, 0.25) is 0 Å². The van der Waals surface area contributed by atoms with Gasteiger partial charge >= 0.3 is 0 Å². The highest BCUT2D eigenvalue weighted by atomic mass is 32.2. The molecule has 2 fully saturated rings. The van der Waals surface area contributed by atoms with Gasteiger partial charge in [-0.2, -0.15) is 0 Å². The van der Waals surface area contributed by atoms with Crippen molar-refractivity contribution in [2.45, 2.75) is 100 Å². The Balaban J connectivity index is 0.989. The number of hydrogen-bond acceptors (Lipinski definition) is 8. The number of thioether (sulfide) groups is 2. The third-order valence-electron chi connectivity index (χ3n) is 10.8. The van der Waals surface area contributed by atoms with Crippen molar-refractivity contribution >= 4 is 89.6 Å². The van der Waals surface area contributed by atoms with Crippen molar-refractivity contribution in [2.24, 2.45) is 0 Å². The molecule has 4 atom stereocenters. The molecule has 13 heteroatoms. The van der Waals surface area contributed by atoms with E-state index >= 15 is 0 Å². The molecule has 8 nitrogen and oxygen atoms in total. The minimum Gasteiger partial charge on any atom is -0.352 e. The predicted molar refractivity (Wildman–Crippen MR) is 246 cm³/mol. The summed E-state index contributed by atoms with van der Waals surface area (Å²) in [5.41, 5.74) is 4.88. The molecule has 0 aromatic heterocycles. The van der Waals surface area contributed by atoms with Gasteiger partial charge in [-0.1, -0.05) is 96.5 Å². The second kappa shape index (κ2) is 19.3. The summed E-state index contributed by atoms with van der Waals surface area (Å²) < 4.78 is 28.7. The van der Waals surface area contributed by atoms with Gasteiger partial charge in [-0.3, -0.25) is 9.59 Å². The number of piperidine rings is 2. The number of amides is 2. The smallest absolute Gasteiger partial charge is 0.234 e. The van der Waals surface area contributed by atoms with Crippen molar-refractivity contribution in [2.75, 3.05) is 22.1 Å². The van der Waals surface area contributed by atoms with Gasteiger partial charge in [-0.25, -0.2) is 8.42 Å². The van der Waals surface area contributed by atoms with Crippen LogP contribution in [0.3, 0.4) is 0 Å². The number of hydrogen-bond donors (Lipinski definition) is 2. The lowest BCUT2D eigenvalue weighted by Gasteiger charge is -2.40. The van der Waals surface area contributed by atoms with Crippen LogP contribution in [0, 0.1) is 0 Å². The molecule has 0 saturated carbocycles. The summed E-state index contributed by atoms with van der Waals surface area (Å²) in [7, 11) is -3.75. The molecular formula is C44H50N4O4S5. The molecule has 0 bridgehead atoms. The first-order valence-electron chi connectivity index (χ1n) is 19.5. The van der Waals surface area contributed by atoms with Crippen LogP contribution in [-0.2, 0) is 19.4 Å². The minimum atomic E-state index is -3.75. The maximum atomic E-state index is 13.6. The van der Waals surface area contributed by atoms with Crippen molar-refractivity contribution in [1.82, 2.24) is 9.80 Å². The summed E-state index contributed by atoms with van der Waals surface area (Å²) in [6.07, 6.45) is 6.89. The zero-order chi connectivity index (χ0) is 40.7. The Labute approximate surface area is 356 Å². The van der Waals surface area contributed by atoms with Crippen LogP contribution >= 0.6 is 48.0 Å². The maximum Gasteiger partial charge on any atom is 0.234 e. The fourth-order valence-electron chi connectivity index (χ4n) is 7.64. The Morgan fingerprint density at radius 3 is 1.12 bits per heavy atom. The van der Waals surface area contributed by atoms with E-state index in [1.807, 2.05) is 48.5 Å². The number of thiocarbonyl (C=S) groups is 2. The number of carbonyl (C=O) groups excluding carboxylic acids is 2. The average molecular weight is 859 g/mol. The molecule has 4 aromatic carbocycles. The summed E-state index contributed by atoms with van der Waals surface area (Å²) in [6.45, 7) is 8.77. The third-order valence-corrected chi connectivity index (χ3v) is 15.4. The quantitative estimate of drug-likeness (QED) is 0.150. The van der Waals surface area contributed by atoms with Crippen molar-refractivity contribution in [3.05, 3.63) is 97.1 Å². The number of benzene rings is 4. The van der Waals surface area contributed by atoms with Crippen LogP contribution in [0.25, 0.3) is 22.3 Å². The molecule has 2 saturated heterocycles. The highest BCUT2D eigenvalue weighted by molar-refractivity contribution is 8.23. The molecule has 2 aliphatic rings. The summed E-state index contributed by atoms with van der Waals surface area (Å²) >= 11 is 14.1. The van der Waals surface area contributed by atoms with Crippen molar-refractivity contribution < 1.29 is 18.0 Å². The molecule has 6 rings (SSSR count). The predicted octanol–water partition coefficient (Wildman–Crippen LogP) is 10.3. The molecule has 0 aliphatic carbocycles. The Kier molecular flexibility index (Phi) is 14.5. The highest BCUT2D eigenvalue weighted by Crippen LogP contribution is 2.31. The van der Waals surface area contributed by atoms with Crippen LogP contribution < -0.4 is 10.6 Å². The van der Waals surface area contributed by atoms with Gasteiger partial charge in [0, 0.05) is 35.5 Å². The largest absolute Gasteiger partial charge is 0.352 e. The number of nitrogens with one attached hydrogen (secondary N) is 2. The van der Waals surface area contributed by atoms with E-state index in [-0.39, 0.29) is 33.1 Å². The molecule has 2 heterocycles. The highest BCUT2D eigenvalue weighted by Gasteiger charge is 2.28. The molecule has 4 aromatic rings. The lowest BCUT2D eigenvalue weighted by molar-refractivity contribution is -0.114. The van der Waals surface area contributed by atoms with Crippen molar-refractivity contribution in [3.63, 3.8) is 0 Å². The first-order chi connectivity index (χ1) is 27.3. The van der Waals surface area contributed by atoms with Gasteiger partial charge in [-0.15, -0.1) is 0 Å². The van der Waals surface area contributed by atoms with Crippen LogP contribution in [0.5, 0.6) is 0 Å². The molecular weight excluding hydrogens is 809 g/mol. The normalized spacial score (nSPS) is 19.8. The zero-order valence-electron chi connectivity index (χ0n) is 32.8. The number of likely N-dealkylation sites (tertiary alicyclic amines) is 2. The lowest BCUT2D eigenvalue weighted by atomic mass is 9.99. The summed E-state index contributed by atoms with van der Waals surface area (Å²) in [5, 5.41) is 5.90. The second-order valence-electron chi connectivity index (χ2n) is 15.0. The second-order valence-corrected chi connectivity index (χ2v) is 20.2. The number of anilines is 2. The first kappa shape index (κ1) is 42.8. The maximum absolute atomic E-state index is 13.6. The van der Waals surface area contributed by atoms with E-state index in [9.17, 15) is 18.0 Å². The van der Waals surface area contributed by atoms with Crippen LogP contribution in [-0.4, -0.2) is 74.3 Å². The minimum absolute atomic E-state index is 0.113. The summed E-state index contributed by atoms with van der Waals surface area (Å²) in [5.74, 6) is 0.268. The Bertz CT molecular complexity index is 1990. The van der Waals surface area contributed by atoms with E-state index < -0.39 is 9.84 Å². The monoisotopic (exact) mass is 858 g/mol. The number of rotatable bonds is 10. The van der Waals surface area contributed by atoms with Crippen LogP contribution in [0.1, 0.15) is 66.2 Å². The van der Waals surface area contributed by atoms with E-state index in [0.717, 1.165) is 56.6 Å². The van der Waals surface area contributed by atoms with Gasteiger partial charge in [0.05, 0.1) is 21.3 Å². The molecule has 2 N–H and O–H groups in total. The third kappa shape index (κ3) is 10.9. The van der Waals surface area contributed by atoms with Crippen LogP contribution in [0.4, 0.5) is 11.4 Å². The first-order valence-corrected chi connectivity index (χ1v) is 23.7. The molecule has 2 amide bonds. The Morgan fingerprint density at radius 2 is 0.825 bits per heavy atom. The fourth-order valence-corrected chi connectivity index (χ4v) is 11.6. The number of carbonyl (C=O) groups is 2. The van der Waals surface area contributed by atoms with E-state index in [2.05, 4.69) is 48.1 Å².